The van der Waals surface area contributed by atoms with E-state index in [0.29, 0.717) is 23.0 Å². The molecule has 14 nitrogen and oxygen atoms in total. The molecule has 0 bridgehead atoms. The maximum Gasteiger partial charge on any atom is 0.331 e. The van der Waals surface area contributed by atoms with Gasteiger partial charge in [0.25, 0.3) is 5.91 Å². The molecule has 1 unspecified atom stereocenters. The van der Waals surface area contributed by atoms with Crippen molar-refractivity contribution in [1.29, 1.82) is 0 Å². The number of nitrogens with two attached hydrogens (primary N) is 2. The predicted octanol–water partition coefficient (Wildman–Crippen LogP) is -1.12. The summed E-state index contributed by atoms with van der Waals surface area (Å²) in [7, 11) is 0. The molecule has 0 aliphatic carbocycles. The number of amides is 2. The number of aliphatic hydroxyl groups excluding tert-OH is 2. The summed E-state index contributed by atoms with van der Waals surface area (Å²) in [6.07, 6.45) is 1.50. The van der Waals surface area contributed by atoms with Gasteiger partial charge in [0.15, 0.2) is 6.04 Å². The van der Waals surface area contributed by atoms with Crippen LogP contribution in [0, 0.1) is 11.8 Å². The minimum Gasteiger partial charge on any atom is -0.481 e. The number of nitrogens with zero attached hydrogens (tertiary/aromatic N) is 4. The van der Waals surface area contributed by atoms with Crippen LogP contribution in [0.25, 0.3) is 0 Å². The maximum absolute atomic E-state index is 14.3. The van der Waals surface area contributed by atoms with Gasteiger partial charge in [-0.25, -0.2) is 4.79 Å². The Kier molecular flexibility index (Phi) is 10.6. The number of β-lactam (4-membered cyclic amide) rings is 1. The van der Waals surface area contributed by atoms with Crippen LogP contribution < -0.4 is 11.5 Å². The van der Waals surface area contributed by atoms with Crippen molar-refractivity contribution in [1.82, 2.24) is 9.80 Å². The van der Waals surface area contributed by atoms with E-state index in [1.54, 1.807) is 0 Å². The number of carbonyl (C=O) groups is 4. The Bertz CT molecular complexity index is 1140. The summed E-state index contributed by atoms with van der Waals surface area (Å²) in [5.41, 5.74) is 10.5. The van der Waals surface area contributed by atoms with Crippen LogP contribution in [0.5, 0.6) is 0 Å². The molecule has 1 saturated heterocycles. The Hall–Kier alpha value is -3.08. The molecule has 3 rings (SSSR count). The van der Waals surface area contributed by atoms with Crippen molar-refractivity contribution in [3.05, 3.63) is 21.6 Å². The summed E-state index contributed by atoms with van der Waals surface area (Å²) in [6.45, 7) is 3.32. The summed E-state index contributed by atoms with van der Waals surface area (Å²) in [4.78, 5) is 62.9. The van der Waals surface area contributed by atoms with Gasteiger partial charge in [0, 0.05) is 27.7 Å². The average molecular weight is 599 g/mol. The van der Waals surface area contributed by atoms with E-state index in [2.05, 4.69) is 9.98 Å². The van der Waals surface area contributed by atoms with Gasteiger partial charge in [0.2, 0.25) is 5.91 Å². The number of aliphatic carboxylic acids is 2. The predicted molar refractivity (Wildman–Crippen MR) is 150 cm³/mol. The molecular formula is C24H34N6O8S2. The molecule has 16 heteroatoms. The van der Waals surface area contributed by atoms with Gasteiger partial charge in [-0.15, -0.1) is 23.5 Å². The number of fused-ring (bicyclic) bond motifs is 1. The zero-order valence-electron chi connectivity index (χ0n) is 22.0. The first-order valence-electron chi connectivity index (χ1n) is 12.6. The van der Waals surface area contributed by atoms with Gasteiger partial charge in [-0.1, -0.05) is 0 Å². The van der Waals surface area contributed by atoms with E-state index in [9.17, 15) is 39.6 Å². The molecule has 8 N–H and O–H groups in total. The van der Waals surface area contributed by atoms with E-state index in [4.69, 9.17) is 11.5 Å². The number of aliphatic imine (C=N–C) groups is 2. The summed E-state index contributed by atoms with van der Waals surface area (Å²) in [6, 6.07) is -3.39. The topological polar surface area (TPSA) is 232 Å². The van der Waals surface area contributed by atoms with Gasteiger partial charge in [0.05, 0.1) is 56.0 Å². The van der Waals surface area contributed by atoms with Crippen LogP contribution in [0.4, 0.5) is 0 Å². The van der Waals surface area contributed by atoms with Crippen LogP contribution in [0.3, 0.4) is 0 Å². The molecule has 0 spiro atoms. The standard InChI is InChI=1S/C24H34N6O8S2/c1-11(31)17-13-7-15(39-5-3-27-9-25)19(29(13)21(17)33)22(34)30-14(18(12(2)32)23(35)36)8-16(20(30)24(37)38)40-6-4-28-10-26/h8-14,17-18,20,31-32H,3-7H2,1-2H3,(H2,25,27)(H2,26,28)(H,35,36)(H,37,38)/t11-,12-,13-,14+,17-,18+,20?/m1/s1. The number of carbonyl (C=O) groups excluding carboxylic acids is 2. The first-order chi connectivity index (χ1) is 19.0. The minimum absolute atomic E-state index is 0.0491. The van der Waals surface area contributed by atoms with E-state index >= 15 is 0 Å². The van der Waals surface area contributed by atoms with Gasteiger partial charge in [-0.05, 0) is 19.9 Å². The highest BCUT2D eigenvalue weighted by Gasteiger charge is 2.59. The molecule has 2 amide bonds. The third kappa shape index (κ3) is 6.14. The lowest BCUT2D eigenvalue weighted by atomic mass is 9.83. The fourth-order valence-corrected chi connectivity index (χ4v) is 7.35. The number of carboxylic acids is 2. The SMILES string of the molecule is C[C@@H](O)[C@H]1C(=O)N2C(C(=O)N3C(C(=O)O)C(SCCN=CN)=C[C@H]3[C@@H](C(=O)O)[C@@H](C)O)=C(SCCN=CN)C[C@H]12. The lowest BCUT2D eigenvalue weighted by Crippen LogP contribution is -2.63. The first kappa shape index (κ1) is 31.4. The number of hydrogen-bond acceptors (Lipinski definition) is 10. The van der Waals surface area contributed by atoms with E-state index in [0.717, 1.165) is 29.3 Å². The Morgan fingerprint density at radius 2 is 1.70 bits per heavy atom. The number of hydrogen-bond donors (Lipinski definition) is 6. The van der Waals surface area contributed by atoms with Gasteiger partial charge < -0.3 is 41.7 Å². The molecule has 0 aromatic rings. The lowest BCUT2D eigenvalue weighted by molar-refractivity contribution is -0.162. The third-order valence-electron chi connectivity index (χ3n) is 6.93. The van der Waals surface area contributed by atoms with Crippen LogP contribution in [0.1, 0.15) is 20.3 Å². The zero-order valence-corrected chi connectivity index (χ0v) is 23.6. The normalized spacial score (nSPS) is 26.7. The number of rotatable bonds is 14. The minimum atomic E-state index is -1.56. The van der Waals surface area contributed by atoms with Crippen molar-refractivity contribution < 1.29 is 39.6 Å². The Balaban J connectivity index is 2.07. The lowest BCUT2D eigenvalue weighted by Gasteiger charge is -2.46. The fraction of sp³-hybridized carbons (Fsp3) is 0.583. The van der Waals surface area contributed by atoms with Crippen LogP contribution in [-0.4, -0.2) is 122 Å². The highest BCUT2D eigenvalue weighted by atomic mass is 32.2. The zero-order chi connectivity index (χ0) is 29.7. The molecule has 0 saturated carbocycles. The van der Waals surface area contributed by atoms with Gasteiger partial charge in [-0.3, -0.25) is 24.4 Å². The smallest absolute Gasteiger partial charge is 0.331 e. The van der Waals surface area contributed by atoms with Crippen LogP contribution in [0.15, 0.2) is 31.6 Å². The van der Waals surface area contributed by atoms with E-state index < -0.39 is 65.9 Å². The van der Waals surface area contributed by atoms with Crippen molar-refractivity contribution in [2.24, 2.45) is 33.3 Å². The number of aliphatic hydroxyl groups is 2. The molecule has 220 valence electrons. The first-order valence-corrected chi connectivity index (χ1v) is 14.5. The molecular weight excluding hydrogens is 564 g/mol. The fourth-order valence-electron chi connectivity index (χ4n) is 5.25. The Morgan fingerprint density at radius 1 is 1.10 bits per heavy atom. The Morgan fingerprint density at radius 3 is 2.20 bits per heavy atom. The molecule has 0 aromatic carbocycles. The molecule has 3 aliphatic rings. The molecule has 40 heavy (non-hydrogen) atoms. The molecule has 3 heterocycles. The van der Waals surface area contributed by atoms with Gasteiger partial charge >= 0.3 is 11.9 Å². The molecule has 7 atom stereocenters. The molecule has 3 aliphatic heterocycles. The largest absolute Gasteiger partial charge is 0.481 e. The monoisotopic (exact) mass is 598 g/mol. The molecule has 0 radical (unpaired) electrons. The summed E-state index contributed by atoms with van der Waals surface area (Å²) < 4.78 is 0. The molecule has 0 aromatic heterocycles. The highest BCUT2D eigenvalue weighted by molar-refractivity contribution is 8.03. The van der Waals surface area contributed by atoms with Crippen molar-refractivity contribution in [2.45, 2.75) is 50.6 Å². The van der Waals surface area contributed by atoms with Crippen molar-refractivity contribution in [2.75, 3.05) is 24.6 Å². The quantitative estimate of drug-likeness (QED) is 0.0604. The number of thioether (sulfide) groups is 2. The maximum atomic E-state index is 14.3. The Labute approximate surface area is 239 Å². The summed E-state index contributed by atoms with van der Waals surface area (Å²) >= 11 is 2.35. The number of carboxylic acid groups (broad SMARTS) is 2. The van der Waals surface area contributed by atoms with Crippen LogP contribution in [0.2, 0.25) is 0 Å². The van der Waals surface area contributed by atoms with Crippen LogP contribution in [-0.2, 0) is 19.2 Å². The van der Waals surface area contributed by atoms with E-state index in [1.165, 1.54) is 36.6 Å². The van der Waals surface area contributed by atoms with Crippen molar-refractivity contribution >= 4 is 60.0 Å². The summed E-state index contributed by atoms with van der Waals surface area (Å²) in [5.74, 6) is -5.70. The molecule has 1 fully saturated rings. The summed E-state index contributed by atoms with van der Waals surface area (Å²) in [5, 5.41) is 40.7. The van der Waals surface area contributed by atoms with Gasteiger partial charge in [-0.2, -0.15) is 0 Å². The van der Waals surface area contributed by atoms with Crippen molar-refractivity contribution in [3.8, 4) is 0 Å². The van der Waals surface area contributed by atoms with Crippen molar-refractivity contribution in [3.63, 3.8) is 0 Å². The van der Waals surface area contributed by atoms with E-state index in [-0.39, 0.29) is 23.6 Å². The average Bonchev–Trinajstić information content (AvgIpc) is 3.39. The second kappa shape index (κ2) is 13.5. The second-order valence-electron chi connectivity index (χ2n) is 9.44. The highest BCUT2D eigenvalue weighted by Crippen LogP contribution is 2.49. The van der Waals surface area contributed by atoms with Gasteiger partial charge in [0.1, 0.15) is 11.6 Å². The van der Waals surface area contributed by atoms with Crippen LogP contribution >= 0.6 is 23.5 Å². The third-order valence-corrected chi connectivity index (χ3v) is 9.11. The second-order valence-corrected chi connectivity index (χ2v) is 11.8. The van der Waals surface area contributed by atoms with E-state index in [1.807, 2.05) is 0 Å².